The molecule has 0 aromatic heterocycles. The van der Waals surface area contributed by atoms with Crippen LogP contribution in [0.2, 0.25) is 0 Å². The van der Waals surface area contributed by atoms with Crippen molar-refractivity contribution in [3.63, 3.8) is 0 Å². The minimum absolute atomic E-state index is 0.707. The molecule has 14 heavy (non-hydrogen) atoms. The summed E-state index contributed by atoms with van der Waals surface area (Å²) >= 11 is 0. The van der Waals surface area contributed by atoms with Crippen LogP contribution in [0, 0.1) is 0 Å². The van der Waals surface area contributed by atoms with Crippen LogP contribution in [0.4, 0.5) is 0 Å². The van der Waals surface area contributed by atoms with Crippen LogP contribution in [0.15, 0.2) is 0 Å². The van der Waals surface area contributed by atoms with Crippen molar-refractivity contribution < 1.29 is 0 Å². The Bertz CT molecular complexity index is 113. The summed E-state index contributed by atoms with van der Waals surface area (Å²) in [6.07, 6.45) is 14.2. The third-order valence-electron chi connectivity index (χ3n) is 3.20. The molecule has 1 aliphatic rings. The average molecular weight is 198 g/mol. The number of hydrazine groups is 1. The number of rotatable bonds is 2. The molecular weight excluding hydrogens is 172 g/mol. The van der Waals surface area contributed by atoms with Crippen LogP contribution in [0.5, 0.6) is 0 Å². The van der Waals surface area contributed by atoms with E-state index in [9.17, 15) is 0 Å². The molecule has 0 atom stereocenters. The lowest BCUT2D eigenvalue weighted by atomic mass is 10.0. The van der Waals surface area contributed by atoms with Gasteiger partial charge in [0.25, 0.3) is 0 Å². The highest BCUT2D eigenvalue weighted by Crippen LogP contribution is 2.16. The summed E-state index contributed by atoms with van der Waals surface area (Å²) in [5, 5.41) is 0. The molecule has 0 bridgehead atoms. The van der Waals surface area contributed by atoms with E-state index in [2.05, 4.69) is 10.9 Å². The molecule has 0 aromatic rings. The Balaban J connectivity index is 2.20. The number of nitrogens with one attached hydrogen (secondary N) is 2. The Morgan fingerprint density at radius 1 is 0.714 bits per heavy atom. The lowest BCUT2D eigenvalue weighted by molar-refractivity contribution is 0.389. The minimum Gasteiger partial charge on any atom is -0.261 e. The molecule has 2 heteroatoms. The van der Waals surface area contributed by atoms with Crippen molar-refractivity contribution in [1.29, 1.82) is 0 Å². The maximum absolute atomic E-state index is 3.37. The van der Waals surface area contributed by atoms with Gasteiger partial charge in [0.2, 0.25) is 0 Å². The molecule has 0 amide bonds. The van der Waals surface area contributed by atoms with E-state index >= 15 is 0 Å². The van der Waals surface area contributed by atoms with Crippen molar-refractivity contribution in [2.75, 3.05) is 7.05 Å². The standard InChI is InChI=1S/C12H26N2/c1-13-14-12-10-8-6-4-2-3-5-7-9-11-12/h12-14H,2-11H2,1H3. The SMILES string of the molecule is CNNC1CCCCCCCCCC1. The molecule has 0 aliphatic heterocycles. The minimum atomic E-state index is 0.707. The van der Waals surface area contributed by atoms with Gasteiger partial charge >= 0.3 is 0 Å². The average Bonchev–Trinajstić information content (AvgIpc) is 2.24. The van der Waals surface area contributed by atoms with Gasteiger partial charge in [0.1, 0.15) is 0 Å². The van der Waals surface area contributed by atoms with E-state index in [-0.39, 0.29) is 0 Å². The molecule has 1 saturated carbocycles. The molecule has 2 nitrogen and oxygen atoms in total. The van der Waals surface area contributed by atoms with E-state index in [0.717, 1.165) is 0 Å². The maximum Gasteiger partial charge on any atom is 0.0212 e. The fraction of sp³-hybridized carbons (Fsp3) is 1.00. The number of hydrogen-bond donors (Lipinski definition) is 2. The highest BCUT2D eigenvalue weighted by molar-refractivity contribution is 4.65. The molecule has 1 rings (SSSR count). The first kappa shape index (κ1) is 12.0. The van der Waals surface area contributed by atoms with Crippen LogP contribution < -0.4 is 10.9 Å². The molecule has 1 fully saturated rings. The largest absolute Gasteiger partial charge is 0.261 e. The van der Waals surface area contributed by atoms with E-state index in [1.807, 2.05) is 7.05 Å². The molecule has 0 unspecified atom stereocenters. The van der Waals surface area contributed by atoms with E-state index in [1.165, 1.54) is 64.2 Å². The summed E-state index contributed by atoms with van der Waals surface area (Å²) in [4.78, 5) is 0. The van der Waals surface area contributed by atoms with Gasteiger partial charge in [-0.3, -0.25) is 10.9 Å². The second kappa shape index (κ2) is 8.25. The van der Waals surface area contributed by atoms with Gasteiger partial charge in [0, 0.05) is 6.04 Å². The van der Waals surface area contributed by atoms with Crippen molar-refractivity contribution in [3.05, 3.63) is 0 Å². The summed E-state index contributed by atoms with van der Waals surface area (Å²) in [6, 6.07) is 0.707. The third kappa shape index (κ3) is 5.61. The Labute approximate surface area is 88.8 Å². The van der Waals surface area contributed by atoms with Crippen LogP contribution in [-0.4, -0.2) is 13.1 Å². The quantitative estimate of drug-likeness (QED) is 0.667. The van der Waals surface area contributed by atoms with Crippen molar-refractivity contribution in [2.45, 2.75) is 70.3 Å². The normalized spacial score (nSPS) is 22.9. The van der Waals surface area contributed by atoms with Crippen molar-refractivity contribution in [1.82, 2.24) is 10.9 Å². The van der Waals surface area contributed by atoms with Crippen molar-refractivity contribution in [3.8, 4) is 0 Å². The van der Waals surface area contributed by atoms with Gasteiger partial charge in [0.15, 0.2) is 0 Å². The van der Waals surface area contributed by atoms with Gasteiger partial charge in [-0.25, -0.2) is 0 Å². The smallest absolute Gasteiger partial charge is 0.0212 e. The lowest BCUT2D eigenvalue weighted by Crippen LogP contribution is -2.38. The van der Waals surface area contributed by atoms with Gasteiger partial charge in [-0.1, -0.05) is 51.4 Å². The summed E-state index contributed by atoms with van der Waals surface area (Å²) in [5.41, 5.74) is 6.46. The molecule has 1 aliphatic carbocycles. The highest BCUT2D eigenvalue weighted by Gasteiger charge is 2.07. The van der Waals surface area contributed by atoms with Gasteiger partial charge in [0.05, 0.1) is 0 Å². The molecule has 84 valence electrons. The zero-order chi connectivity index (χ0) is 10.1. The molecule has 0 heterocycles. The van der Waals surface area contributed by atoms with E-state index in [4.69, 9.17) is 0 Å². The topological polar surface area (TPSA) is 24.1 Å². The Hall–Kier alpha value is -0.0800. The van der Waals surface area contributed by atoms with Crippen LogP contribution in [0.1, 0.15) is 64.2 Å². The van der Waals surface area contributed by atoms with Crippen molar-refractivity contribution in [2.24, 2.45) is 0 Å². The first-order chi connectivity index (χ1) is 6.93. The predicted molar refractivity (Wildman–Crippen MR) is 62.2 cm³/mol. The fourth-order valence-electron chi connectivity index (χ4n) is 2.33. The summed E-state index contributed by atoms with van der Waals surface area (Å²) in [5.74, 6) is 0. The maximum atomic E-state index is 3.37. The van der Waals surface area contributed by atoms with E-state index < -0.39 is 0 Å². The Morgan fingerprint density at radius 3 is 1.57 bits per heavy atom. The van der Waals surface area contributed by atoms with Crippen LogP contribution in [-0.2, 0) is 0 Å². The Morgan fingerprint density at radius 2 is 1.14 bits per heavy atom. The predicted octanol–water partition coefficient (Wildman–Crippen LogP) is 2.99. The fourth-order valence-corrected chi connectivity index (χ4v) is 2.33. The molecule has 0 aromatic carbocycles. The van der Waals surface area contributed by atoms with Crippen LogP contribution in [0.3, 0.4) is 0 Å². The lowest BCUT2D eigenvalue weighted by Gasteiger charge is -2.17. The van der Waals surface area contributed by atoms with Crippen LogP contribution >= 0.6 is 0 Å². The van der Waals surface area contributed by atoms with Gasteiger partial charge in [-0.15, -0.1) is 0 Å². The summed E-state index contributed by atoms with van der Waals surface area (Å²) in [7, 11) is 1.98. The first-order valence-electron chi connectivity index (χ1n) is 6.36. The molecule has 0 radical (unpaired) electrons. The number of hydrogen-bond acceptors (Lipinski definition) is 2. The monoisotopic (exact) mass is 198 g/mol. The Kier molecular flexibility index (Phi) is 7.06. The first-order valence-corrected chi connectivity index (χ1v) is 6.36. The van der Waals surface area contributed by atoms with Gasteiger partial charge in [-0.05, 0) is 19.9 Å². The van der Waals surface area contributed by atoms with Crippen LogP contribution in [0.25, 0.3) is 0 Å². The zero-order valence-corrected chi connectivity index (χ0v) is 9.65. The van der Waals surface area contributed by atoms with Gasteiger partial charge < -0.3 is 0 Å². The van der Waals surface area contributed by atoms with Gasteiger partial charge in [-0.2, -0.15) is 0 Å². The molecule has 0 saturated heterocycles. The second-order valence-electron chi connectivity index (χ2n) is 4.50. The van der Waals surface area contributed by atoms with E-state index in [1.54, 1.807) is 0 Å². The molecular formula is C12H26N2. The zero-order valence-electron chi connectivity index (χ0n) is 9.65. The molecule has 0 spiro atoms. The van der Waals surface area contributed by atoms with E-state index in [0.29, 0.717) is 6.04 Å². The molecule has 2 N–H and O–H groups in total. The summed E-state index contributed by atoms with van der Waals surface area (Å²) in [6.45, 7) is 0. The van der Waals surface area contributed by atoms with Crippen molar-refractivity contribution >= 4 is 0 Å². The summed E-state index contributed by atoms with van der Waals surface area (Å²) < 4.78 is 0. The highest BCUT2D eigenvalue weighted by atomic mass is 15.3. The second-order valence-corrected chi connectivity index (χ2v) is 4.50. The third-order valence-corrected chi connectivity index (χ3v) is 3.20.